The average Bonchev–Trinajstić information content (AvgIpc) is 2.97. The third-order valence-corrected chi connectivity index (χ3v) is 3.64. The quantitative estimate of drug-likeness (QED) is 0.369. The van der Waals surface area contributed by atoms with Gasteiger partial charge in [-0.15, -0.1) is 11.3 Å². The van der Waals surface area contributed by atoms with E-state index < -0.39 is 0 Å². The molecule has 0 amide bonds. The predicted octanol–water partition coefficient (Wildman–Crippen LogP) is 1.34. The van der Waals surface area contributed by atoms with E-state index in [0.29, 0.717) is 6.04 Å². The average molecular weight is 253 g/mol. The number of guanidine groups is 1. The van der Waals surface area contributed by atoms with Crippen LogP contribution in [0.2, 0.25) is 0 Å². The first-order valence-corrected chi connectivity index (χ1v) is 6.86. The molecule has 0 radical (unpaired) electrons. The van der Waals surface area contributed by atoms with Crippen LogP contribution in [0.25, 0.3) is 0 Å². The fourth-order valence-electron chi connectivity index (χ4n) is 2.09. The number of aliphatic imine (C=N–C) groups is 1. The molecule has 0 spiro atoms. The van der Waals surface area contributed by atoms with Crippen molar-refractivity contribution in [1.29, 1.82) is 0 Å². The van der Waals surface area contributed by atoms with E-state index in [1.54, 1.807) is 11.3 Å². The molecule has 1 aliphatic carbocycles. The van der Waals surface area contributed by atoms with Gasteiger partial charge in [0.25, 0.3) is 0 Å². The second-order valence-corrected chi connectivity index (χ2v) is 5.09. The van der Waals surface area contributed by atoms with Crippen molar-refractivity contribution >= 4 is 17.3 Å². The highest BCUT2D eigenvalue weighted by molar-refractivity contribution is 7.07. The van der Waals surface area contributed by atoms with Crippen molar-refractivity contribution in [2.24, 2.45) is 10.8 Å². The minimum atomic E-state index is 0.430. The van der Waals surface area contributed by atoms with E-state index in [9.17, 15) is 0 Å². The zero-order valence-electron chi connectivity index (χ0n) is 10.1. The van der Waals surface area contributed by atoms with E-state index in [1.807, 2.05) is 22.8 Å². The Kier molecular flexibility index (Phi) is 4.33. The molecule has 17 heavy (non-hydrogen) atoms. The normalized spacial score (nSPS) is 17.4. The summed E-state index contributed by atoms with van der Waals surface area (Å²) in [6.45, 7) is 0.735. The Hall–Kier alpha value is -1.14. The van der Waals surface area contributed by atoms with Crippen LogP contribution in [-0.2, 0) is 6.54 Å². The number of hydrazine groups is 1. The standard InChI is InChI=1S/C11H19N5S/c1-16(6-10-7-17-8-13-10)11(15-12)14-9-4-2-3-5-9/h7-9H,2-6,12H2,1H3,(H,14,15). The Balaban J connectivity index is 1.96. The molecule has 0 unspecified atom stereocenters. The third kappa shape index (κ3) is 3.41. The van der Waals surface area contributed by atoms with Crippen molar-refractivity contribution in [3.8, 4) is 0 Å². The molecule has 0 bridgehead atoms. The maximum atomic E-state index is 5.54. The predicted molar refractivity (Wildman–Crippen MR) is 70.6 cm³/mol. The molecule has 0 aliphatic heterocycles. The summed E-state index contributed by atoms with van der Waals surface area (Å²) in [5.41, 5.74) is 5.58. The van der Waals surface area contributed by atoms with E-state index in [4.69, 9.17) is 5.84 Å². The first kappa shape index (κ1) is 12.3. The highest BCUT2D eigenvalue weighted by Crippen LogP contribution is 2.21. The Bertz CT molecular complexity index is 356. The minimum Gasteiger partial charge on any atom is -0.339 e. The molecule has 1 saturated carbocycles. The zero-order valence-corrected chi connectivity index (χ0v) is 10.9. The van der Waals surface area contributed by atoms with Crippen LogP contribution in [0.15, 0.2) is 15.9 Å². The lowest BCUT2D eigenvalue weighted by atomic mass is 10.3. The number of thiazole rings is 1. The van der Waals surface area contributed by atoms with Gasteiger partial charge in [0.05, 0.1) is 23.8 Å². The largest absolute Gasteiger partial charge is 0.339 e. The number of nitrogens with one attached hydrogen (secondary N) is 1. The molecule has 0 atom stereocenters. The molecule has 1 heterocycles. The monoisotopic (exact) mass is 253 g/mol. The number of hydrogen-bond donors (Lipinski definition) is 2. The highest BCUT2D eigenvalue weighted by atomic mass is 32.1. The third-order valence-electron chi connectivity index (χ3n) is 3.00. The second-order valence-electron chi connectivity index (χ2n) is 4.37. The van der Waals surface area contributed by atoms with Gasteiger partial charge in [0, 0.05) is 12.4 Å². The minimum absolute atomic E-state index is 0.430. The smallest absolute Gasteiger partial charge is 0.208 e. The van der Waals surface area contributed by atoms with E-state index >= 15 is 0 Å². The number of aromatic nitrogens is 1. The first-order chi connectivity index (χ1) is 8.29. The lowest BCUT2D eigenvalue weighted by molar-refractivity contribution is 0.466. The lowest BCUT2D eigenvalue weighted by Gasteiger charge is -2.20. The van der Waals surface area contributed by atoms with Gasteiger partial charge in [-0.1, -0.05) is 12.8 Å². The van der Waals surface area contributed by atoms with Gasteiger partial charge in [-0.2, -0.15) is 0 Å². The molecule has 0 aromatic carbocycles. The van der Waals surface area contributed by atoms with E-state index in [-0.39, 0.29) is 0 Å². The van der Waals surface area contributed by atoms with Crippen LogP contribution >= 0.6 is 11.3 Å². The molecule has 94 valence electrons. The number of hydrogen-bond acceptors (Lipinski definition) is 4. The summed E-state index contributed by atoms with van der Waals surface area (Å²) < 4.78 is 0. The molecular weight excluding hydrogens is 234 g/mol. The topological polar surface area (TPSA) is 66.5 Å². The fraction of sp³-hybridized carbons (Fsp3) is 0.636. The van der Waals surface area contributed by atoms with Gasteiger partial charge in [0.2, 0.25) is 5.96 Å². The maximum Gasteiger partial charge on any atom is 0.208 e. The fourth-order valence-corrected chi connectivity index (χ4v) is 2.64. The molecule has 1 aliphatic rings. The van der Waals surface area contributed by atoms with Crippen LogP contribution in [0.5, 0.6) is 0 Å². The van der Waals surface area contributed by atoms with Gasteiger partial charge >= 0.3 is 0 Å². The Morgan fingerprint density at radius 3 is 3.00 bits per heavy atom. The first-order valence-electron chi connectivity index (χ1n) is 5.92. The van der Waals surface area contributed by atoms with Gasteiger partial charge in [0.15, 0.2) is 0 Å². The van der Waals surface area contributed by atoms with Gasteiger partial charge in [-0.05, 0) is 12.8 Å². The number of nitrogens with two attached hydrogens (primary N) is 1. The van der Waals surface area contributed by atoms with Crippen LogP contribution in [0.3, 0.4) is 0 Å². The van der Waals surface area contributed by atoms with Crippen molar-refractivity contribution in [2.75, 3.05) is 7.05 Å². The van der Waals surface area contributed by atoms with Crippen molar-refractivity contribution in [3.05, 3.63) is 16.6 Å². The maximum absolute atomic E-state index is 5.54. The summed E-state index contributed by atoms with van der Waals surface area (Å²) in [6.07, 6.45) is 4.91. The molecule has 1 fully saturated rings. The molecule has 0 saturated heterocycles. The molecule has 5 nitrogen and oxygen atoms in total. The van der Waals surface area contributed by atoms with E-state index in [2.05, 4.69) is 15.4 Å². The molecule has 1 aromatic heterocycles. The van der Waals surface area contributed by atoms with Crippen LogP contribution in [0.1, 0.15) is 31.4 Å². The summed E-state index contributed by atoms with van der Waals surface area (Å²) in [6, 6.07) is 0.430. The Morgan fingerprint density at radius 2 is 2.41 bits per heavy atom. The van der Waals surface area contributed by atoms with Crippen LogP contribution in [0, 0.1) is 0 Å². The summed E-state index contributed by atoms with van der Waals surface area (Å²) in [5.74, 6) is 6.30. The zero-order chi connectivity index (χ0) is 12.1. The van der Waals surface area contributed by atoms with Crippen molar-refractivity contribution in [3.63, 3.8) is 0 Å². The summed E-state index contributed by atoms with van der Waals surface area (Å²) in [7, 11) is 1.98. The van der Waals surface area contributed by atoms with E-state index in [0.717, 1.165) is 18.2 Å². The van der Waals surface area contributed by atoms with Crippen molar-refractivity contribution < 1.29 is 0 Å². The lowest BCUT2D eigenvalue weighted by Crippen LogP contribution is -2.43. The second kappa shape index (κ2) is 5.97. The van der Waals surface area contributed by atoms with Crippen LogP contribution in [0.4, 0.5) is 0 Å². The Morgan fingerprint density at radius 1 is 1.65 bits per heavy atom. The molecular formula is C11H19N5S. The molecule has 1 aromatic rings. The van der Waals surface area contributed by atoms with Crippen LogP contribution < -0.4 is 11.3 Å². The Labute approximate surface area is 106 Å². The van der Waals surface area contributed by atoms with E-state index in [1.165, 1.54) is 25.7 Å². The molecule has 6 heteroatoms. The number of rotatable bonds is 3. The summed E-state index contributed by atoms with van der Waals surface area (Å²) in [5, 5.41) is 2.04. The van der Waals surface area contributed by atoms with Gasteiger partial charge in [-0.3, -0.25) is 5.43 Å². The SMILES string of the molecule is CN(Cc1cscn1)C(=NC1CCCC1)NN. The van der Waals surface area contributed by atoms with Gasteiger partial charge in [-0.25, -0.2) is 15.8 Å². The van der Waals surface area contributed by atoms with Crippen LogP contribution in [-0.4, -0.2) is 28.9 Å². The van der Waals surface area contributed by atoms with Crippen molar-refractivity contribution in [2.45, 2.75) is 38.3 Å². The highest BCUT2D eigenvalue weighted by Gasteiger charge is 2.16. The summed E-state index contributed by atoms with van der Waals surface area (Å²) >= 11 is 1.60. The molecule has 2 rings (SSSR count). The van der Waals surface area contributed by atoms with Gasteiger partial charge in [0.1, 0.15) is 0 Å². The van der Waals surface area contributed by atoms with Crippen molar-refractivity contribution in [1.82, 2.24) is 15.3 Å². The summed E-state index contributed by atoms with van der Waals surface area (Å²) in [4.78, 5) is 10.9. The molecule has 3 N–H and O–H groups in total. The number of nitrogens with zero attached hydrogens (tertiary/aromatic N) is 3. The van der Waals surface area contributed by atoms with Gasteiger partial charge < -0.3 is 4.90 Å².